The predicted octanol–water partition coefficient (Wildman–Crippen LogP) is 7.31. The average Bonchev–Trinajstić information content (AvgIpc) is 3.21. The van der Waals surface area contributed by atoms with Gasteiger partial charge in [0.2, 0.25) is 0 Å². The van der Waals surface area contributed by atoms with E-state index in [0.29, 0.717) is 17.2 Å². The van der Waals surface area contributed by atoms with Crippen molar-refractivity contribution in [3.05, 3.63) is 93.2 Å². The minimum atomic E-state index is -0.273. The van der Waals surface area contributed by atoms with Crippen LogP contribution in [0.15, 0.2) is 60.7 Å². The quantitative estimate of drug-likeness (QED) is 0.240. The Balaban J connectivity index is 1.42. The SMILES string of the molecule is Cc1cc(OCCCCn2c(C(C)NC(=O)c3cccc(Cl)c3)nc3ccccc32)cc(C)c1Cl. The van der Waals surface area contributed by atoms with Gasteiger partial charge in [-0.1, -0.05) is 41.4 Å². The van der Waals surface area contributed by atoms with Gasteiger partial charge in [-0.2, -0.15) is 0 Å². The number of rotatable bonds is 9. The van der Waals surface area contributed by atoms with Gasteiger partial charge in [0.15, 0.2) is 0 Å². The van der Waals surface area contributed by atoms with Gasteiger partial charge in [-0.05, 0) is 87.2 Å². The van der Waals surface area contributed by atoms with Crippen LogP contribution in [0.2, 0.25) is 10.0 Å². The number of nitrogens with one attached hydrogen (secondary N) is 1. The standard InChI is InChI=1S/C28H29Cl2N3O2/c1-18-15-23(16-19(2)26(18)30)35-14-7-6-13-33-25-12-5-4-11-24(25)32-27(33)20(3)31-28(34)21-9-8-10-22(29)17-21/h4-5,8-12,15-17,20H,6-7,13-14H2,1-3H3,(H,31,34). The van der Waals surface area contributed by atoms with Gasteiger partial charge in [-0.25, -0.2) is 4.98 Å². The van der Waals surface area contributed by atoms with Crippen LogP contribution >= 0.6 is 23.2 Å². The number of fused-ring (bicyclic) bond motifs is 1. The first-order valence-electron chi connectivity index (χ1n) is 11.7. The Hall–Kier alpha value is -3.02. The molecule has 0 aliphatic carbocycles. The zero-order valence-corrected chi connectivity index (χ0v) is 21.7. The summed E-state index contributed by atoms with van der Waals surface area (Å²) in [6.45, 7) is 7.31. The van der Waals surface area contributed by atoms with Crippen LogP contribution in [0.4, 0.5) is 0 Å². The number of unbranched alkanes of at least 4 members (excludes halogenated alkanes) is 1. The maximum Gasteiger partial charge on any atom is 0.251 e. The number of carbonyl (C=O) groups excluding carboxylic acids is 1. The van der Waals surface area contributed by atoms with Crippen LogP contribution in [-0.2, 0) is 6.54 Å². The lowest BCUT2D eigenvalue weighted by molar-refractivity contribution is 0.0937. The predicted molar refractivity (Wildman–Crippen MR) is 143 cm³/mol. The summed E-state index contributed by atoms with van der Waals surface area (Å²) in [6, 6.07) is 18.6. The number of benzene rings is 3. The lowest BCUT2D eigenvalue weighted by atomic mass is 10.1. The molecule has 4 aromatic rings. The van der Waals surface area contributed by atoms with Crippen LogP contribution < -0.4 is 10.1 Å². The van der Waals surface area contributed by atoms with E-state index in [-0.39, 0.29) is 11.9 Å². The van der Waals surface area contributed by atoms with Crippen molar-refractivity contribution < 1.29 is 9.53 Å². The number of ether oxygens (including phenoxy) is 1. The van der Waals surface area contributed by atoms with Crippen molar-refractivity contribution in [2.45, 2.75) is 46.2 Å². The minimum Gasteiger partial charge on any atom is -0.494 e. The Kier molecular flexibility index (Phi) is 7.99. The van der Waals surface area contributed by atoms with Crippen molar-refractivity contribution in [3.8, 4) is 5.75 Å². The van der Waals surface area contributed by atoms with E-state index in [1.807, 2.05) is 51.1 Å². The summed E-state index contributed by atoms with van der Waals surface area (Å²) in [5, 5.41) is 4.38. The summed E-state index contributed by atoms with van der Waals surface area (Å²) in [5.74, 6) is 1.49. The highest BCUT2D eigenvalue weighted by molar-refractivity contribution is 6.32. The highest BCUT2D eigenvalue weighted by Gasteiger charge is 2.19. The van der Waals surface area contributed by atoms with Gasteiger partial charge in [0.25, 0.3) is 5.91 Å². The maximum absolute atomic E-state index is 12.8. The van der Waals surface area contributed by atoms with E-state index in [4.69, 9.17) is 32.9 Å². The first-order chi connectivity index (χ1) is 16.8. The molecule has 1 atom stereocenters. The van der Waals surface area contributed by atoms with Crippen molar-refractivity contribution in [1.29, 1.82) is 0 Å². The van der Waals surface area contributed by atoms with Crippen molar-refractivity contribution in [1.82, 2.24) is 14.9 Å². The van der Waals surface area contributed by atoms with Gasteiger partial charge < -0.3 is 14.6 Å². The molecule has 4 rings (SSSR count). The molecule has 1 aromatic heterocycles. The number of para-hydroxylation sites is 2. The molecular weight excluding hydrogens is 481 g/mol. The number of aryl methyl sites for hydroxylation is 3. The van der Waals surface area contributed by atoms with Crippen LogP contribution in [0.5, 0.6) is 5.75 Å². The topological polar surface area (TPSA) is 56.1 Å². The third-order valence-corrected chi connectivity index (χ3v) is 6.79. The molecule has 7 heteroatoms. The molecule has 1 heterocycles. The van der Waals surface area contributed by atoms with Gasteiger partial charge >= 0.3 is 0 Å². The fourth-order valence-corrected chi connectivity index (χ4v) is 4.48. The van der Waals surface area contributed by atoms with E-state index >= 15 is 0 Å². The number of imidazole rings is 1. The highest BCUT2D eigenvalue weighted by Crippen LogP contribution is 2.26. The molecule has 0 radical (unpaired) electrons. The normalized spacial score (nSPS) is 12.0. The molecule has 0 saturated heterocycles. The average molecular weight is 510 g/mol. The molecular formula is C28H29Cl2N3O2. The third-order valence-electron chi connectivity index (χ3n) is 5.96. The van der Waals surface area contributed by atoms with Crippen molar-refractivity contribution in [2.24, 2.45) is 0 Å². The monoisotopic (exact) mass is 509 g/mol. The second kappa shape index (κ2) is 11.1. The van der Waals surface area contributed by atoms with E-state index in [0.717, 1.165) is 58.1 Å². The van der Waals surface area contributed by atoms with Crippen molar-refractivity contribution in [3.63, 3.8) is 0 Å². The van der Waals surface area contributed by atoms with Crippen LogP contribution in [-0.4, -0.2) is 22.1 Å². The Bertz CT molecular complexity index is 1330. The van der Waals surface area contributed by atoms with E-state index in [1.54, 1.807) is 24.3 Å². The van der Waals surface area contributed by atoms with E-state index in [2.05, 4.69) is 16.0 Å². The molecule has 0 saturated carbocycles. The third kappa shape index (κ3) is 5.98. The molecule has 0 fully saturated rings. The number of hydrogen-bond acceptors (Lipinski definition) is 3. The Morgan fingerprint density at radius 2 is 1.77 bits per heavy atom. The number of carbonyl (C=O) groups is 1. The molecule has 5 nitrogen and oxygen atoms in total. The number of halogens is 2. The van der Waals surface area contributed by atoms with E-state index in [1.165, 1.54) is 0 Å². The summed E-state index contributed by atoms with van der Waals surface area (Å²) in [7, 11) is 0. The maximum atomic E-state index is 12.8. The molecule has 1 amide bonds. The summed E-state index contributed by atoms with van der Waals surface area (Å²) in [6.07, 6.45) is 1.80. The second-order valence-electron chi connectivity index (χ2n) is 8.74. The molecule has 35 heavy (non-hydrogen) atoms. The van der Waals surface area contributed by atoms with Crippen LogP contribution in [0.25, 0.3) is 11.0 Å². The van der Waals surface area contributed by atoms with Crippen LogP contribution in [0, 0.1) is 13.8 Å². The summed E-state index contributed by atoms with van der Waals surface area (Å²) in [5.41, 5.74) is 4.53. The number of aromatic nitrogens is 2. The van der Waals surface area contributed by atoms with Gasteiger partial charge in [-0.15, -0.1) is 0 Å². The minimum absolute atomic E-state index is 0.180. The van der Waals surface area contributed by atoms with Gasteiger partial charge in [0.05, 0.1) is 23.7 Å². The lowest BCUT2D eigenvalue weighted by Crippen LogP contribution is -2.28. The van der Waals surface area contributed by atoms with E-state index in [9.17, 15) is 4.79 Å². The van der Waals surface area contributed by atoms with Crippen molar-refractivity contribution >= 4 is 40.1 Å². The molecule has 0 aliphatic heterocycles. The first-order valence-corrected chi connectivity index (χ1v) is 12.5. The smallest absolute Gasteiger partial charge is 0.251 e. The molecule has 1 N–H and O–H groups in total. The molecule has 182 valence electrons. The molecule has 3 aromatic carbocycles. The highest BCUT2D eigenvalue weighted by atomic mass is 35.5. The van der Waals surface area contributed by atoms with E-state index < -0.39 is 0 Å². The molecule has 0 bridgehead atoms. The summed E-state index contributed by atoms with van der Waals surface area (Å²) >= 11 is 12.3. The van der Waals surface area contributed by atoms with Crippen LogP contribution in [0.1, 0.15) is 53.1 Å². The molecule has 1 unspecified atom stereocenters. The number of amides is 1. The molecule has 0 spiro atoms. The number of hydrogen-bond donors (Lipinski definition) is 1. The fourth-order valence-electron chi connectivity index (χ4n) is 4.19. The van der Waals surface area contributed by atoms with Crippen molar-refractivity contribution in [2.75, 3.05) is 6.61 Å². The zero-order chi connectivity index (χ0) is 24.9. The largest absolute Gasteiger partial charge is 0.494 e. The fraction of sp³-hybridized carbons (Fsp3) is 0.286. The Morgan fingerprint density at radius 3 is 2.51 bits per heavy atom. The van der Waals surface area contributed by atoms with Gasteiger partial charge in [0, 0.05) is 22.2 Å². The van der Waals surface area contributed by atoms with Gasteiger partial charge in [0.1, 0.15) is 11.6 Å². The zero-order valence-electron chi connectivity index (χ0n) is 20.1. The van der Waals surface area contributed by atoms with Gasteiger partial charge in [-0.3, -0.25) is 4.79 Å². The Morgan fingerprint density at radius 1 is 1.03 bits per heavy atom. The van der Waals surface area contributed by atoms with Crippen LogP contribution in [0.3, 0.4) is 0 Å². The summed E-state index contributed by atoms with van der Waals surface area (Å²) < 4.78 is 8.16. The second-order valence-corrected chi connectivity index (χ2v) is 9.56. The lowest BCUT2D eigenvalue weighted by Gasteiger charge is -2.17. The number of nitrogens with zero attached hydrogens (tertiary/aromatic N) is 2. The first kappa shape index (κ1) is 25.1. The molecule has 0 aliphatic rings. The Labute approximate surface area is 216 Å². The summed E-state index contributed by atoms with van der Waals surface area (Å²) in [4.78, 5) is 17.6.